The zero-order chi connectivity index (χ0) is 29.7. The molecule has 2 aliphatic rings. The highest BCUT2D eigenvalue weighted by molar-refractivity contribution is 5.95. The van der Waals surface area contributed by atoms with Crippen LogP contribution >= 0.6 is 0 Å². The molecule has 0 spiro atoms. The number of aromatic nitrogens is 5. The molecule has 1 aliphatic heterocycles. The first-order valence-electron chi connectivity index (χ1n) is 14.2. The first-order chi connectivity index (χ1) is 20.9. The van der Waals surface area contributed by atoms with E-state index in [2.05, 4.69) is 31.7 Å². The van der Waals surface area contributed by atoms with Gasteiger partial charge in [-0.25, -0.2) is 29.1 Å². The summed E-state index contributed by atoms with van der Waals surface area (Å²) in [4.78, 5) is 32.8. The van der Waals surface area contributed by atoms with Gasteiger partial charge in [-0.15, -0.1) is 0 Å². The van der Waals surface area contributed by atoms with Crippen LogP contribution in [-0.4, -0.2) is 60.3 Å². The second-order valence-electron chi connectivity index (χ2n) is 11.0. The minimum absolute atomic E-state index is 0.0407. The molecule has 1 N–H and O–H groups in total. The lowest BCUT2D eigenvalue weighted by atomic mass is 10.1. The maximum absolute atomic E-state index is 14.7. The van der Waals surface area contributed by atoms with E-state index in [1.165, 1.54) is 18.5 Å². The van der Waals surface area contributed by atoms with Gasteiger partial charge in [-0.1, -0.05) is 6.58 Å². The summed E-state index contributed by atoms with van der Waals surface area (Å²) >= 11 is 0. The van der Waals surface area contributed by atoms with Crippen molar-refractivity contribution in [1.82, 2.24) is 24.5 Å². The highest BCUT2D eigenvalue weighted by atomic mass is 19.1. The third kappa shape index (κ3) is 5.07. The van der Waals surface area contributed by atoms with Crippen LogP contribution in [0.2, 0.25) is 0 Å². The third-order valence-electron chi connectivity index (χ3n) is 7.98. The molecule has 43 heavy (non-hydrogen) atoms. The van der Waals surface area contributed by atoms with E-state index < -0.39 is 0 Å². The number of aryl methyl sites for hydroxylation is 2. The summed E-state index contributed by atoms with van der Waals surface area (Å²) in [7, 11) is 1.75. The molecule has 216 valence electrons. The minimum Gasteiger partial charge on any atom is -0.457 e. The Hall–Kier alpha value is -5.19. The molecule has 0 bridgehead atoms. The van der Waals surface area contributed by atoms with Gasteiger partial charge in [0.1, 0.15) is 41.2 Å². The monoisotopic (exact) mass is 577 g/mol. The van der Waals surface area contributed by atoms with Crippen molar-refractivity contribution in [2.45, 2.75) is 19.8 Å². The molecule has 1 saturated carbocycles. The lowest BCUT2D eigenvalue weighted by Crippen LogP contribution is -2.47. The van der Waals surface area contributed by atoms with Crippen molar-refractivity contribution in [2.24, 2.45) is 13.0 Å². The zero-order valence-corrected chi connectivity index (χ0v) is 23.9. The smallest absolute Gasteiger partial charge is 0.411 e. The van der Waals surface area contributed by atoms with Crippen LogP contribution in [0.15, 0.2) is 67.8 Å². The van der Waals surface area contributed by atoms with Crippen LogP contribution in [0.3, 0.4) is 0 Å². The van der Waals surface area contributed by atoms with Crippen LogP contribution < -0.4 is 15.0 Å². The lowest BCUT2D eigenvalue weighted by molar-refractivity contribution is -0.447. The molecule has 3 aromatic heterocycles. The average molecular weight is 578 g/mol. The fraction of sp³-hybridized carbons (Fsp3) is 0.250. The number of rotatable bonds is 7. The molecule has 10 nitrogen and oxygen atoms in total. The number of nitrogens with one attached hydrogen (secondary N) is 1. The molecule has 0 atom stereocenters. The fourth-order valence-corrected chi connectivity index (χ4v) is 5.62. The van der Waals surface area contributed by atoms with Gasteiger partial charge in [-0.05, 0) is 55.7 Å². The number of fused-ring (bicyclic) bond motifs is 2. The Morgan fingerprint density at radius 1 is 1.14 bits per heavy atom. The van der Waals surface area contributed by atoms with Gasteiger partial charge < -0.3 is 19.5 Å². The van der Waals surface area contributed by atoms with Gasteiger partial charge in [0.2, 0.25) is 0 Å². The van der Waals surface area contributed by atoms with Gasteiger partial charge in [0.15, 0.2) is 23.9 Å². The summed E-state index contributed by atoms with van der Waals surface area (Å²) in [5, 5.41) is 3.38. The normalized spacial score (nSPS) is 15.3. The Morgan fingerprint density at radius 3 is 2.79 bits per heavy atom. The van der Waals surface area contributed by atoms with E-state index in [1.54, 1.807) is 24.0 Å². The highest BCUT2D eigenvalue weighted by Gasteiger charge is 2.40. The van der Waals surface area contributed by atoms with Crippen LogP contribution in [0.1, 0.15) is 18.4 Å². The number of imidazole rings is 1. The summed E-state index contributed by atoms with van der Waals surface area (Å²) in [5.74, 6) is 2.38. The molecule has 1 amide bonds. The second kappa shape index (κ2) is 10.6. The van der Waals surface area contributed by atoms with E-state index in [9.17, 15) is 9.18 Å². The molecular weight excluding hydrogens is 547 g/mol. The number of ether oxygens (including phenoxy) is 1. The SMILES string of the molecule is C=CC(=O)[N+]1=C(C2CC2)CN(c2ccc3ncnc(Nc4ccc(Oc5cc(F)c6c(c5)ncn6C)c(C)c4)c3n2)CC1. The van der Waals surface area contributed by atoms with Gasteiger partial charge in [-0.3, -0.25) is 0 Å². The minimum atomic E-state index is -0.389. The predicted molar refractivity (Wildman–Crippen MR) is 163 cm³/mol. The molecule has 0 radical (unpaired) electrons. The Bertz CT molecular complexity index is 1960. The Morgan fingerprint density at radius 2 is 2.00 bits per heavy atom. The van der Waals surface area contributed by atoms with Crippen LogP contribution in [-0.2, 0) is 11.8 Å². The number of halogens is 1. The number of anilines is 3. The standard InChI is InChI=1S/C32H30FN8O2/c1-4-29(42)41-12-11-40(16-26(41)20-5-6-20)28-10-8-24-30(38-28)32(35-17-34-24)37-21-7-9-27(19(2)13-21)43-22-14-23(33)31-25(15-22)36-18-39(31)3/h4,7-10,13-15,17-18,20H,1,5-6,11-12,16H2,2-3H3,(H,34,35,37)/q+1. The van der Waals surface area contributed by atoms with Crippen LogP contribution in [0.25, 0.3) is 22.1 Å². The number of pyridine rings is 1. The molecule has 4 heterocycles. The van der Waals surface area contributed by atoms with Crippen molar-refractivity contribution in [1.29, 1.82) is 0 Å². The summed E-state index contributed by atoms with van der Waals surface area (Å²) in [6, 6.07) is 12.7. The van der Waals surface area contributed by atoms with Crippen molar-refractivity contribution < 1.29 is 18.5 Å². The van der Waals surface area contributed by atoms with Gasteiger partial charge in [-0.2, -0.15) is 4.58 Å². The lowest BCUT2D eigenvalue weighted by Gasteiger charge is -2.27. The van der Waals surface area contributed by atoms with Crippen molar-refractivity contribution in [3.8, 4) is 11.5 Å². The molecule has 1 fully saturated rings. The Labute approximate surface area is 247 Å². The number of amides is 1. The molecule has 7 rings (SSSR count). The number of carbonyl (C=O) groups is 1. The maximum Gasteiger partial charge on any atom is 0.411 e. The van der Waals surface area contributed by atoms with Crippen molar-refractivity contribution in [3.05, 3.63) is 79.2 Å². The topological polar surface area (TPSA) is 101 Å². The predicted octanol–water partition coefficient (Wildman–Crippen LogP) is 5.29. The number of hydrogen-bond donors (Lipinski definition) is 1. The summed E-state index contributed by atoms with van der Waals surface area (Å²) in [6.07, 6.45) is 6.70. The van der Waals surface area contributed by atoms with Crippen LogP contribution in [0, 0.1) is 18.7 Å². The molecule has 1 aliphatic carbocycles. The zero-order valence-electron chi connectivity index (χ0n) is 23.9. The van der Waals surface area contributed by atoms with Crippen molar-refractivity contribution >= 4 is 51.0 Å². The van der Waals surface area contributed by atoms with E-state index in [1.807, 2.05) is 41.8 Å². The first-order valence-corrected chi connectivity index (χ1v) is 14.2. The molecule has 5 aromatic rings. The molecule has 2 aromatic carbocycles. The average Bonchev–Trinajstić information content (AvgIpc) is 3.79. The van der Waals surface area contributed by atoms with Crippen molar-refractivity contribution in [2.75, 3.05) is 29.9 Å². The van der Waals surface area contributed by atoms with E-state index in [-0.39, 0.29) is 11.7 Å². The largest absolute Gasteiger partial charge is 0.457 e. The van der Waals surface area contributed by atoms with E-state index in [4.69, 9.17) is 9.72 Å². The van der Waals surface area contributed by atoms with E-state index in [0.717, 1.165) is 41.1 Å². The van der Waals surface area contributed by atoms with Crippen molar-refractivity contribution in [3.63, 3.8) is 0 Å². The summed E-state index contributed by atoms with van der Waals surface area (Å²) < 4.78 is 24.2. The Kier molecular flexibility index (Phi) is 6.56. The summed E-state index contributed by atoms with van der Waals surface area (Å²) in [5.41, 5.74) is 5.12. The second-order valence-corrected chi connectivity index (χ2v) is 11.0. The molecular formula is C32H30FN8O2+. The molecule has 11 heteroatoms. The Balaban J connectivity index is 1.13. The maximum atomic E-state index is 14.7. The van der Waals surface area contributed by atoms with Gasteiger partial charge >= 0.3 is 5.91 Å². The fourth-order valence-electron chi connectivity index (χ4n) is 5.62. The number of benzene rings is 2. The van der Waals surface area contributed by atoms with Gasteiger partial charge in [0.05, 0.1) is 23.9 Å². The van der Waals surface area contributed by atoms with E-state index >= 15 is 0 Å². The number of carbonyl (C=O) groups excluding carboxylic acids is 1. The number of hydrogen-bond acceptors (Lipinski definition) is 8. The quantitative estimate of drug-likeness (QED) is 0.206. The molecule has 0 saturated heterocycles. The highest BCUT2D eigenvalue weighted by Crippen LogP contribution is 2.34. The van der Waals surface area contributed by atoms with Crippen LogP contribution in [0.5, 0.6) is 11.5 Å². The first kappa shape index (κ1) is 26.7. The third-order valence-corrected chi connectivity index (χ3v) is 7.98. The van der Waals surface area contributed by atoms with Gasteiger partial charge in [0.25, 0.3) is 0 Å². The van der Waals surface area contributed by atoms with Gasteiger partial charge in [0, 0.05) is 36.9 Å². The van der Waals surface area contributed by atoms with Crippen LogP contribution in [0.4, 0.5) is 21.7 Å². The van der Waals surface area contributed by atoms with E-state index in [0.29, 0.717) is 59.4 Å². The molecule has 0 unspecified atom stereocenters. The number of nitrogens with zero attached hydrogens (tertiary/aromatic N) is 7. The summed E-state index contributed by atoms with van der Waals surface area (Å²) in [6.45, 7) is 7.52.